The zero-order valence-electron chi connectivity index (χ0n) is 19.0. The summed E-state index contributed by atoms with van der Waals surface area (Å²) in [6, 6.07) is -1.66. The van der Waals surface area contributed by atoms with Gasteiger partial charge in [0.15, 0.2) is 0 Å². The van der Waals surface area contributed by atoms with Crippen molar-refractivity contribution in [2.75, 3.05) is 39.0 Å². The minimum Gasteiger partial charge on any atom is -0.388 e. The highest BCUT2D eigenvalue weighted by atomic mass is 35.5. The molecule has 10 atom stereocenters. The number of amides is 3. The fourth-order valence-electron chi connectivity index (χ4n) is 4.62. The summed E-state index contributed by atoms with van der Waals surface area (Å²) >= 11 is 7.55. The number of fused-ring (bicyclic) bond motifs is 1. The highest BCUT2D eigenvalue weighted by Crippen LogP contribution is 2.30. The van der Waals surface area contributed by atoms with Gasteiger partial charge in [-0.1, -0.05) is 0 Å². The second kappa shape index (κ2) is 11.7. The Hall–Kier alpha value is -0.860. The Morgan fingerprint density at radius 3 is 2.64 bits per heavy atom. The lowest BCUT2D eigenvalue weighted by Crippen LogP contribution is -2.65. The molecule has 3 saturated heterocycles. The zero-order valence-corrected chi connectivity index (χ0v) is 20.6. The maximum atomic E-state index is 13.2. The number of rotatable bonds is 6. The van der Waals surface area contributed by atoms with E-state index in [-0.39, 0.29) is 17.9 Å². The second-order valence-corrected chi connectivity index (χ2v) is 10.3. The normalized spacial score (nSPS) is 38.7. The fraction of sp³-hybridized carbons (Fsp3) is 0.900. The van der Waals surface area contributed by atoms with Crippen LogP contribution >= 0.6 is 23.4 Å². The van der Waals surface area contributed by atoms with Crippen LogP contribution in [0.2, 0.25) is 0 Å². The van der Waals surface area contributed by atoms with E-state index in [1.54, 1.807) is 18.1 Å². The maximum absolute atomic E-state index is 13.2. The van der Waals surface area contributed by atoms with E-state index < -0.39 is 53.4 Å². The molecule has 190 valence electrons. The van der Waals surface area contributed by atoms with Gasteiger partial charge in [-0.05, 0) is 20.1 Å². The van der Waals surface area contributed by atoms with Crippen molar-refractivity contribution in [1.29, 1.82) is 0 Å². The number of nitrogens with one attached hydrogen (secondary N) is 3. The van der Waals surface area contributed by atoms with Gasteiger partial charge in [0.1, 0.15) is 35.9 Å². The van der Waals surface area contributed by atoms with Gasteiger partial charge in [-0.25, -0.2) is 4.79 Å². The lowest BCUT2D eigenvalue weighted by Gasteiger charge is -2.44. The quantitative estimate of drug-likeness (QED) is 0.229. The number of hydrogen-bond donors (Lipinski definition) is 6. The highest BCUT2D eigenvalue weighted by Gasteiger charge is 2.49. The van der Waals surface area contributed by atoms with Crippen LogP contribution in [0, 0.1) is 5.92 Å². The van der Waals surface area contributed by atoms with Crippen molar-refractivity contribution < 1.29 is 34.4 Å². The summed E-state index contributed by atoms with van der Waals surface area (Å²) in [4.78, 5) is 27.2. The molecule has 0 aromatic rings. The van der Waals surface area contributed by atoms with Crippen LogP contribution in [0.5, 0.6) is 0 Å². The van der Waals surface area contributed by atoms with E-state index in [1.165, 1.54) is 11.8 Å². The summed E-state index contributed by atoms with van der Waals surface area (Å²) in [6.45, 7) is 5.76. The van der Waals surface area contributed by atoms with Crippen LogP contribution in [-0.2, 0) is 14.3 Å². The third kappa shape index (κ3) is 5.87. The number of hydrogen-bond acceptors (Lipinski definition) is 9. The van der Waals surface area contributed by atoms with E-state index in [4.69, 9.17) is 21.1 Å². The molecular formula is C20H35ClN4O7S. The minimum atomic E-state index is -1.43. The first-order valence-corrected chi connectivity index (χ1v) is 13.0. The van der Waals surface area contributed by atoms with Crippen molar-refractivity contribution in [3.8, 4) is 0 Å². The summed E-state index contributed by atoms with van der Waals surface area (Å²) in [5.41, 5.74) is -0.775. The molecule has 0 bridgehead atoms. The SMILES string of the molecule is CCNC(=O)N1CCO[C@@H]2[C@H](CN[C@@H]2C(=O)N[C@H]([C@H](C)Cl)[C@H]2OC(SC)[C@H](O)[C@H](O)C2O)C1. The monoisotopic (exact) mass is 510 g/mol. The van der Waals surface area contributed by atoms with E-state index >= 15 is 0 Å². The van der Waals surface area contributed by atoms with E-state index in [0.29, 0.717) is 32.8 Å². The number of aliphatic hydroxyl groups is 3. The third-order valence-electron chi connectivity index (χ3n) is 6.41. The van der Waals surface area contributed by atoms with Crippen LogP contribution < -0.4 is 16.0 Å². The van der Waals surface area contributed by atoms with Gasteiger partial charge in [-0.15, -0.1) is 23.4 Å². The van der Waals surface area contributed by atoms with Gasteiger partial charge in [-0.2, -0.15) is 0 Å². The van der Waals surface area contributed by atoms with Crippen LogP contribution in [0.25, 0.3) is 0 Å². The molecule has 0 aromatic carbocycles. The van der Waals surface area contributed by atoms with Crippen LogP contribution in [0.4, 0.5) is 4.79 Å². The first-order valence-electron chi connectivity index (χ1n) is 11.2. The van der Waals surface area contributed by atoms with E-state index in [9.17, 15) is 24.9 Å². The van der Waals surface area contributed by atoms with Crippen LogP contribution in [-0.4, -0.2) is 125 Å². The molecule has 0 spiro atoms. The van der Waals surface area contributed by atoms with Crippen LogP contribution in [0.3, 0.4) is 0 Å². The largest absolute Gasteiger partial charge is 0.388 e. The molecular weight excluding hydrogens is 476 g/mol. The number of carbonyl (C=O) groups is 2. The lowest BCUT2D eigenvalue weighted by atomic mass is 9.92. The molecule has 3 aliphatic rings. The molecule has 11 nitrogen and oxygen atoms in total. The van der Waals surface area contributed by atoms with Gasteiger partial charge < -0.3 is 45.6 Å². The molecule has 0 radical (unpaired) electrons. The van der Waals surface area contributed by atoms with Crippen molar-refractivity contribution in [2.24, 2.45) is 5.92 Å². The maximum Gasteiger partial charge on any atom is 0.317 e. The Bertz CT molecular complexity index is 691. The Balaban J connectivity index is 1.68. The first kappa shape index (κ1) is 26.7. The van der Waals surface area contributed by atoms with Crippen LogP contribution in [0.15, 0.2) is 0 Å². The second-order valence-electron chi connectivity index (χ2n) is 8.65. The average molecular weight is 511 g/mol. The zero-order chi connectivity index (χ0) is 24.3. The van der Waals surface area contributed by atoms with Gasteiger partial charge in [0, 0.05) is 32.1 Å². The number of thioether (sulfide) groups is 1. The van der Waals surface area contributed by atoms with Crippen molar-refractivity contribution in [3.05, 3.63) is 0 Å². The molecule has 3 fully saturated rings. The predicted molar refractivity (Wildman–Crippen MR) is 123 cm³/mol. The lowest BCUT2D eigenvalue weighted by molar-refractivity contribution is -0.205. The van der Waals surface area contributed by atoms with Crippen molar-refractivity contribution in [1.82, 2.24) is 20.9 Å². The number of ether oxygens (including phenoxy) is 2. The molecule has 13 heteroatoms. The molecule has 0 aromatic heterocycles. The van der Waals surface area contributed by atoms with E-state index in [2.05, 4.69) is 16.0 Å². The van der Waals surface area contributed by atoms with Crippen molar-refractivity contribution in [3.63, 3.8) is 0 Å². The standard InChI is InChI=1S/C20H35ClN4O7S/c1-4-22-20(30)25-5-6-31-16-10(8-25)7-23-12(16)18(29)24-11(9(2)21)17-14(27)13(26)15(28)19(32-17)33-3/h9-17,19,23,26-28H,4-8H2,1-3H3,(H,22,30)(H,24,29)/t9-,10+,11+,12-,13+,14?,15+,16+,17+,19?/m0/s1. The minimum absolute atomic E-state index is 0.0629. The van der Waals surface area contributed by atoms with Crippen molar-refractivity contribution in [2.45, 2.75) is 67.3 Å². The molecule has 0 aliphatic carbocycles. The Morgan fingerprint density at radius 2 is 2.00 bits per heavy atom. The fourth-order valence-corrected chi connectivity index (χ4v) is 5.51. The number of nitrogens with zero attached hydrogens (tertiary/aromatic N) is 1. The summed E-state index contributed by atoms with van der Waals surface area (Å²) < 4.78 is 11.8. The Labute approximate surface area is 202 Å². The average Bonchev–Trinajstić information content (AvgIpc) is 3.06. The Morgan fingerprint density at radius 1 is 1.27 bits per heavy atom. The summed E-state index contributed by atoms with van der Waals surface area (Å²) in [6.07, 6.45) is -3.87. The molecule has 3 rings (SSSR count). The number of urea groups is 1. The predicted octanol–water partition coefficient (Wildman–Crippen LogP) is -1.71. The summed E-state index contributed by atoms with van der Waals surface area (Å²) in [5.74, 6) is -0.435. The van der Waals surface area contributed by atoms with Gasteiger partial charge >= 0.3 is 6.03 Å². The summed E-state index contributed by atoms with van der Waals surface area (Å²) in [7, 11) is 0. The molecule has 3 heterocycles. The van der Waals surface area contributed by atoms with Crippen LogP contribution in [0.1, 0.15) is 13.8 Å². The number of aliphatic hydroxyl groups excluding tert-OH is 3. The molecule has 33 heavy (non-hydrogen) atoms. The highest BCUT2D eigenvalue weighted by molar-refractivity contribution is 7.99. The number of halogens is 1. The van der Waals surface area contributed by atoms with Gasteiger partial charge in [0.25, 0.3) is 0 Å². The molecule has 2 unspecified atom stereocenters. The van der Waals surface area contributed by atoms with Crippen molar-refractivity contribution >= 4 is 35.3 Å². The number of carbonyl (C=O) groups excluding carboxylic acids is 2. The first-order chi connectivity index (χ1) is 15.7. The van der Waals surface area contributed by atoms with Gasteiger partial charge in [0.2, 0.25) is 5.91 Å². The van der Waals surface area contributed by atoms with Gasteiger partial charge in [-0.3, -0.25) is 4.79 Å². The topological polar surface area (TPSA) is 153 Å². The number of alkyl halides is 1. The molecule has 0 saturated carbocycles. The molecule has 6 N–H and O–H groups in total. The third-order valence-corrected chi connectivity index (χ3v) is 7.54. The van der Waals surface area contributed by atoms with E-state index in [1.807, 2.05) is 6.92 Å². The van der Waals surface area contributed by atoms with E-state index in [0.717, 1.165) is 0 Å². The summed E-state index contributed by atoms with van der Waals surface area (Å²) in [5, 5.41) is 39.1. The smallest absolute Gasteiger partial charge is 0.317 e. The Kier molecular flexibility index (Phi) is 9.49. The molecule has 3 amide bonds. The van der Waals surface area contributed by atoms with Gasteiger partial charge in [0.05, 0.1) is 24.1 Å². The molecule has 3 aliphatic heterocycles.